The van der Waals surface area contributed by atoms with Crippen molar-refractivity contribution in [2.75, 3.05) is 26.2 Å². The van der Waals surface area contributed by atoms with Gasteiger partial charge in [-0.15, -0.1) is 0 Å². The van der Waals surface area contributed by atoms with E-state index in [2.05, 4.69) is 11.1 Å². The Morgan fingerprint density at radius 3 is 2.88 bits per heavy atom. The van der Waals surface area contributed by atoms with Gasteiger partial charge in [0, 0.05) is 38.6 Å². The molecule has 24 heavy (non-hydrogen) atoms. The standard InChI is InChI=1S/C17H23N3O3S/c1-14-5-3-9-19(12-14)17(21)15-6-4-10-20(13-15)24(22,23)16-7-2-8-18-11-16/h2,5,7-8,11,15H,3-4,6,9-10,12-13H2,1H3/t15-/m0/s1. The third-order valence-corrected chi connectivity index (χ3v) is 6.50. The Labute approximate surface area is 143 Å². The van der Waals surface area contributed by atoms with Crippen LogP contribution >= 0.6 is 0 Å². The Morgan fingerprint density at radius 2 is 2.17 bits per heavy atom. The fourth-order valence-corrected chi connectivity index (χ4v) is 4.86. The largest absolute Gasteiger partial charge is 0.338 e. The molecule has 3 rings (SSSR count). The van der Waals surface area contributed by atoms with Gasteiger partial charge >= 0.3 is 0 Å². The number of sulfonamides is 1. The molecule has 2 aliphatic heterocycles. The van der Waals surface area contributed by atoms with Gasteiger partial charge in [-0.05, 0) is 38.3 Å². The maximum absolute atomic E-state index is 12.8. The van der Waals surface area contributed by atoms with E-state index < -0.39 is 10.0 Å². The van der Waals surface area contributed by atoms with Gasteiger partial charge in [0.25, 0.3) is 0 Å². The third kappa shape index (κ3) is 3.52. The van der Waals surface area contributed by atoms with Crippen molar-refractivity contribution in [3.63, 3.8) is 0 Å². The van der Waals surface area contributed by atoms with Crippen molar-refractivity contribution < 1.29 is 13.2 Å². The van der Waals surface area contributed by atoms with Gasteiger partial charge in [-0.25, -0.2) is 8.42 Å². The minimum atomic E-state index is -3.58. The molecule has 130 valence electrons. The summed E-state index contributed by atoms with van der Waals surface area (Å²) in [7, 11) is -3.58. The van der Waals surface area contributed by atoms with Gasteiger partial charge in [-0.2, -0.15) is 4.31 Å². The van der Waals surface area contributed by atoms with Crippen molar-refractivity contribution in [1.29, 1.82) is 0 Å². The summed E-state index contributed by atoms with van der Waals surface area (Å²) in [5.41, 5.74) is 1.20. The molecule has 2 aliphatic rings. The quantitative estimate of drug-likeness (QED) is 0.778. The van der Waals surface area contributed by atoms with Gasteiger partial charge in [0.05, 0.1) is 5.92 Å². The van der Waals surface area contributed by atoms with E-state index in [0.29, 0.717) is 19.5 Å². The van der Waals surface area contributed by atoms with Gasteiger partial charge in [-0.3, -0.25) is 9.78 Å². The molecule has 3 heterocycles. The highest BCUT2D eigenvalue weighted by atomic mass is 32.2. The second-order valence-electron chi connectivity index (χ2n) is 6.49. The molecule has 1 saturated heterocycles. The predicted octanol–water partition coefficient (Wildman–Crippen LogP) is 1.66. The first-order valence-corrected chi connectivity index (χ1v) is 9.77. The number of aromatic nitrogens is 1. The second kappa shape index (κ2) is 7.03. The topological polar surface area (TPSA) is 70.6 Å². The number of rotatable bonds is 3. The Kier molecular flexibility index (Phi) is 5.01. The monoisotopic (exact) mass is 349 g/mol. The summed E-state index contributed by atoms with van der Waals surface area (Å²) in [5.74, 6) is -0.176. The van der Waals surface area contributed by atoms with Crippen LogP contribution in [0.15, 0.2) is 41.1 Å². The molecule has 6 nitrogen and oxygen atoms in total. The Balaban J connectivity index is 1.73. The summed E-state index contributed by atoms with van der Waals surface area (Å²) < 4.78 is 26.9. The Bertz CT molecular complexity index is 731. The van der Waals surface area contributed by atoms with Crippen molar-refractivity contribution in [3.8, 4) is 0 Å². The van der Waals surface area contributed by atoms with Crippen LogP contribution in [0.2, 0.25) is 0 Å². The molecule has 0 spiro atoms. The van der Waals surface area contributed by atoms with E-state index in [9.17, 15) is 13.2 Å². The SMILES string of the molecule is CC1=CCCN(C(=O)[C@H]2CCCN(S(=O)(=O)c3cccnc3)C2)C1. The molecule has 0 bridgehead atoms. The first-order chi connectivity index (χ1) is 11.5. The zero-order chi connectivity index (χ0) is 17.2. The lowest BCUT2D eigenvalue weighted by molar-refractivity contribution is -0.136. The fourth-order valence-electron chi connectivity index (χ4n) is 3.37. The van der Waals surface area contributed by atoms with E-state index in [0.717, 1.165) is 19.4 Å². The van der Waals surface area contributed by atoms with Gasteiger partial charge in [0.15, 0.2) is 0 Å². The van der Waals surface area contributed by atoms with Crippen molar-refractivity contribution in [3.05, 3.63) is 36.2 Å². The number of carbonyl (C=O) groups is 1. The summed E-state index contributed by atoms with van der Waals surface area (Å²) in [4.78, 5) is 18.7. The molecule has 0 aliphatic carbocycles. The Morgan fingerprint density at radius 1 is 1.33 bits per heavy atom. The third-order valence-electron chi connectivity index (χ3n) is 4.65. The van der Waals surface area contributed by atoms with Crippen molar-refractivity contribution in [2.45, 2.75) is 31.1 Å². The number of pyridine rings is 1. The summed E-state index contributed by atoms with van der Waals surface area (Å²) in [6.45, 7) is 4.13. The lowest BCUT2D eigenvalue weighted by Crippen LogP contribution is -2.47. The molecular weight excluding hydrogens is 326 g/mol. The minimum absolute atomic E-state index is 0.0773. The number of amides is 1. The zero-order valence-corrected chi connectivity index (χ0v) is 14.7. The number of nitrogens with zero attached hydrogens (tertiary/aromatic N) is 3. The van der Waals surface area contributed by atoms with Crippen molar-refractivity contribution in [1.82, 2.24) is 14.2 Å². The van der Waals surface area contributed by atoms with Gasteiger partial charge in [0.1, 0.15) is 4.90 Å². The number of carbonyl (C=O) groups excluding carboxylic acids is 1. The molecular formula is C17H23N3O3S. The van der Waals surface area contributed by atoms with Crippen LogP contribution < -0.4 is 0 Å². The number of piperidine rings is 1. The van der Waals surface area contributed by atoms with Gasteiger partial charge in [0.2, 0.25) is 15.9 Å². The second-order valence-corrected chi connectivity index (χ2v) is 8.43. The molecule has 0 N–H and O–H groups in total. The average molecular weight is 349 g/mol. The smallest absolute Gasteiger partial charge is 0.244 e. The summed E-state index contributed by atoms with van der Waals surface area (Å²) in [5, 5.41) is 0. The van der Waals surface area contributed by atoms with Crippen LogP contribution in [0.3, 0.4) is 0 Å². The van der Waals surface area contributed by atoms with E-state index in [1.807, 2.05) is 11.8 Å². The lowest BCUT2D eigenvalue weighted by atomic mass is 9.97. The van der Waals surface area contributed by atoms with Crippen molar-refractivity contribution in [2.24, 2.45) is 5.92 Å². The molecule has 1 amide bonds. The summed E-state index contributed by atoms with van der Waals surface area (Å²) in [6, 6.07) is 3.16. The summed E-state index contributed by atoms with van der Waals surface area (Å²) >= 11 is 0. The maximum atomic E-state index is 12.8. The van der Waals surface area contributed by atoms with Crippen LogP contribution in [0, 0.1) is 5.92 Å². The molecule has 0 saturated carbocycles. The summed E-state index contributed by atoms with van der Waals surface area (Å²) in [6.07, 6.45) is 7.40. The molecule has 0 unspecified atom stereocenters. The van der Waals surface area contributed by atoms with E-state index in [4.69, 9.17) is 0 Å². The van der Waals surface area contributed by atoms with Gasteiger partial charge in [-0.1, -0.05) is 11.6 Å². The van der Waals surface area contributed by atoms with Crippen LogP contribution in [-0.2, 0) is 14.8 Å². The normalized spacial score (nSPS) is 23.0. The van der Waals surface area contributed by atoms with E-state index in [-0.39, 0.29) is 23.3 Å². The number of hydrogen-bond donors (Lipinski definition) is 0. The highest BCUT2D eigenvalue weighted by Gasteiger charge is 2.35. The van der Waals surface area contributed by atoms with Crippen LogP contribution in [-0.4, -0.2) is 54.7 Å². The number of hydrogen-bond acceptors (Lipinski definition) is 4. The van der Waals surface area contributed by atoms with Crippen molar-refractivity contribution >= 4 is 15.9 Å². The van der Waals surface area contributed by atoms with Crippen LogP contribution in [0.1, 0.15) is 26.2 Å². The molecule has 7 heteroatoms. The highest BCUT2D eigenvalue weighted by molar-refractivity contribution is 7.89. The van der Waals surface area contributed by atoms with Crippen LogP contribution in [0.25, 0.3) is 0 Å². The molecule has 1 aromatic rings. The van der Waals surface area contributed by atoms with Crippen LogP contribution in [0.4, 0.5) is 0 Å². The molecule has 1 fully saturated rings. The maximum Gasteiger partial charge on any atom is 0.244 e. The van der Waals surface area contributed by atoms with Gasteiger partial charge < -0.3 is 4.90 Å². The first kappa shape index (κ1) is 17.1. The van der Waals surface area contributed by atoms with E-state index in [1.165, 1.54) is 16.1 Å². The fraction of sp³-hybridized carbons (Fsp3) is 0.529. The average Bonchev–Trinajstić information content (AvgIpc) is 2.62. The predicted molar refractivity (Wildman–Crippen MR) is 90.7 cm³/mol. The van der Waals surface area contributed by atoms with Crippen LogP contribution in [0.5, 0.6) is 0 Å². The molecule has 1 atom stereocenters. The first-order valence-electron chi connectivity index (χ1n) is 8.33. The van der Waals surface area contributed by atoms with E-state index in [1.54, 1.807) is 18.3 Å². The van der Waals surface area contributed by atoms with E-state index >= 15 is 0 Å². The molecule has 0 radical (unpaired) electrons. The minimum Gasteiger partial charge on any atom is -0.338 e. The zero-order valence-electron chi connectivity index (χ0n) is 13.9. The molecule has 1 aromatic heterocycles. The Hall–Kier alpha value is -1.73. The molecule has 0 aromatic carbocycles. The highest BCUT2D eigenvalue weighted by Crippen LogP contribution is 2.25. The lowest BCUT2D eigenvalue weighted by Gasteiger charge is -2.35.